The number of nitrogens with one attached hydrogen (secondary N) is 1. The number of imidazole rings is 1. The van der Waals surface area contributed by atoms with Crippen molar-refractivity contribution in [3.05, 3.63) is 41.5 Å². The van der Waals surface area contributed by atoms with E-state index in [-0.39, 0.29) is 5.91 Å². The second-order valence-corrected chi connectivity index (χ2v) is 8.53. The Hall–Kier alpha value is -2.78. The summed E-state index contributed by atoms with van der Waals surface area (Å²) in [4.78, 5) is 25.4. The summed E-state index contributed by atoms with van der Waals surface area (Å²) < 4.78 is 7.15. The van der Waals surface area contributed by atoms with Gasteiger partial charge in [0, 0.05) is 38.6 Å². The van der Waals surface area contributed by atoms with Gasteiger partial charge in [-0.1, -0.05) is 11.3 Å². The number of carbonyl (C=O) groups is 1. The van der Waals surface area contributed by atoms with E-state index in [0.717, 1.165) is 69.1 Å². The summed E-state index contributed by atoms with van der Waals surface area (Å²) in [6.07, 6.45) is 3.57. The maximum Gasteiger partial charge on any atom is 0.276 e. The summed E-state index contributed by atoms with van der Waals surface area (Å²) in [5, 5.41) is 8.29. The van der Waals surface area contributed by atoms with E-state index in [1.807, 2.05) is 4.90 Å². The van der Waals surface area contributed by atoms with Gasteiger partial charge in [0.2, 0.25) is 0 Å². The molecule has 2 aliphatic heterocycles. The van der Waals surface area contributed by atoms with Crippen LogP contribution in [0.25, 0.3) is 11.0 Å². The molecular weight excluding hydrogens is 394 g/mol. The number of hydrogen-bond acceptors (Lipinski definition) is 6. The first kappa shape index (κ1) is 20.1. The minimum absolute atomic E-state index is 0.0312. The molecule has 9 nitrogen and oxygen atoms in total. The lowest BCUT2D eigenvalue weighted by molar-refractivity contribution is 0.0359. The number of hydrogen-bond donors (Lipinski definition) is 1. The number of amides is 1. The van der Waals surface area contributed by atoms with Crippen LogP contribution in [0.2, 0.25) is 0 Å². The zero-order valence-corrected chi connectivity index (χ0v) is 18.0. The number of morpholine rings is 1. The number of nitrogens with zero attached hydrogens (tertiary/aromatic N) is 6. The molecule has 0 atom stereocenters. The molecule has 0 unspecified atom stereocenters. The fourth-order valence-corrected chi connectivity index (χ4v) is 4.43. The molecule has 2 saturated heterocycles. The van der Waals surface area contributed by atoms with Gasteiger partial charge in [0.25, 0.3) is 5.91 Å². The van der Waals surface area contributed by atoms with Crippen molar-refractivity contribution in [2.75, 3.05) is 45.9 Å². The van der Waals surface area contributed by atoms with Gasteiger partial charge in [-0.25, -0.2) is 4.98 Å². The van der Waals surface area contributed by atoms with Gasteiger partial charge < -0.3 is 14.6 Å². The van der Waals surface area contributed by atoms with Gasteiger partial charge in [-0.05, 0) is 37.5 Å². The van der Waals surface area contributed by atoms with E-state index in [2.05, 4.69) is 45.3 Å². The molecular formula is C22H29N7O2. The Morgan fingerprint density at radius 2 is 1.97 bits per heavy atom. The van der Waals surface area contributed by atoms with Gasteiger partial charge in [0.15, 0.2) is 5.69 Å². The third-order valence-corrected chi connectivity index (χ3v) is 6.33. The van der Waals surface area contributed by atoms with E-state index in [1.54, 1.807) is 10.9 Å². The third kappa shape index (κ3) is 4.47. The zero-order chi connectivity index (χ0) is 21.2. The molecule has 0 aliphatic carbocycles. The van der Waals surface area contributed by atoms with Crippen molar-refractivity contribution in [1.29, 1.82) is 0 Å². The number of likely N-dealkylation sites (tertiary alicyclic amines) is 1. The molecule has 2 aliphatic rings. The van der Waals surface area contributed by atoms with Crippen LogP contribution in [-0.4, -0.2) is 86.6 Å². The number of H-pyrrole nitrogens is 1. The number of aryl methyl sites for hydroxylation is 1. The van der Waals surface area contributed by atoms with Crippen LogP contribution in [0.4, 0.5) is 0 Å². The van der Waals surface area contributed by atoms with Crippen LogP contribution in [0.15, 0.2) is 24.4 Å². The minimum atomic E-state index is -0.0312. The largest absolute Gasteiger partial charge is 0.379 e. The Kier molecular flexibility index (Phi) is 5.69. The predicted molar refractivity (Wildman–Crippen MR) is 116 cm³/mol. The molecule has 0 radical (unpaired) electrons. The average molecular weight is 424 g/mol. The Balaban J connectivity index is 1.15. The maximum atomic E-state index is 12.9. The van der Waals surface area contributed by atoms with Crippen LogP contribution in [0.1, 0.15) is 40.6 Å². The van der Waals surface area contributed by atoms with Crippen molar-refractivity contribution in [3.63, 3.8) is 0 Å². The van der Waals surface area contributed by atoms with E-state index in [9.17, 15) is 4.79 Å². The highest BCUT2D eigenvalue weighted by Crippen LogP contribution is 2.28. The van der Waals surface area contributed by atoms with Crippen molar-refractivity contribution < 1.29 is 9.53 Å². The van der Waals surface area contributed by atoms with E-state index in [1.165, 1.54) is 5.56 Å². The summed E-state index contributed by atoms with van der Waals surface area (Å²) in [5.74, 6) is 1.35. The number of ether oxygens (including phenoxy) is 1. The second kappa shape index (κ2) is 8.76. The molecule has 0 bridgehead atoms. The third-order valence-electron chi connectivity index (χ3n) is 6.33. The number of piperidine rings is 1. The average Bonchev–Trinajstić information content (AvgIpc) is 3.45. The minimum Gasteiger partial charge on any atom is -0.379 e. The van der Waals surface area contributed by atoms with Crippen molar-refractivity contribution in [2.24, 2.45) is 0 Å². The van der Waals surface area contributed by atoms with Crippen LogP contribution >= 0.6 is 0 Å². The van der Waals surface area contributed by atoms with E-state index in [4.69, 9.17) is 9.72 Å². The molecule has 4 heterocycles. The lowest BCUT2D eigenvalue weighted by Crippen LogP contribution is -2.38. The number of benzene rings is 1. The fraction of sp³-hybridized carbons (Fsp3) is 0.545. The van der Waals surface area contributed by atoms with E-state index < -0.39 is 0 Å². The van der Waals surface area contributed by atoms with Crippen molar-refractivity contribution in [2.45, 2.75) is 32.2 Å². The smallest absolute Gasteiger partial charge is 0.276 e. The van der Waals surface area contributed by atoms with Gasteiger partial charge in [-0.15, -0.1) is 5.10 Å². The van der Waals surface area contributed by atoms with Crippen LogP contribution in [0, 0.1) is 6.92 Å². The molecule has 1 aromatic carbocycles. The lowest BCUT2D eigenvalue weighted by Gasteiger charge is -2.30. The molecule has 2 aromatic heterocycles. The molecule has 3 aromatic rings. The van der Waals surface area contributed by atoms with Crippen LogP contribution < -0.4 is 0 Å². The van der Waals surface area contributed by atoms with Crippen molar-refractivity contribution in [3.8, 4) is 0 Å². The SMILES string of the molecule is Cc1ccc2nc(C3CCN(C(=O)c4cn(CCN5CCOCC5)nn4)CC3)[nH]c2c1. The van der Waals surface area contributed by atoms with Crippen molar-refractivity contribution in [1.82, 2.24) is 34.8 Å². The molecule has 1 N–H and O–H groups in total. The van der Waals surface area contributed by atoms with Crippen LogP contribution in [0.3, 0.4) is 0 Å². The summed E-state index contributed by atoms with van der Waals surface area (Å²) in [5.41, 5.74) is 3.75. The topological polar surface area (TPSA) is 92.2 Å². The number of rotatable bonds is 5. The quantitative estimate of drug-likeness (QED) is 0.673. The van der Waals surface area contributed by atoms with Gasteiger partial charge in [-0.3, -0.25) is 14.4 Å². The van der Waals surface area contributed by atoms with Gasteiger partial charge in [0.1, 0.15) is 5.82 Å². The molecule has 31 heavy (non-hydrogen) atoms. The molecule has 164 valence electrons. The number of aromatic nitrogens is 5. The van der Waals surface area contributed by atoms with Crippen molar-refractivity contribution >= 4 is 16.9 Å². The number of fused-ring (bicyclic) bond motifs is 1. The standard InChI is InChI=1S/C22H29N7O2/c1-16-2-3-18-19(14-16)24-21(23-18)17-4-6-28(7-5-17)22(30)20-15-29(26-25-20)9-8-27-10-12-31-13-11-27/h2-3,14-15,17H,4-13H2,1H3,(H,23,24). The van der Waals surface area contributed by atoms with Gasteiger partial charge >= 0.3 is 0 Å². The highest BCUT2D eigenvalue weighted by molar-refractivity contribution is 5.92. The highest BCUT2D eigenvalue weighted by Gasteiger charge is 2.27. The van der Waals surface area contributed by atoms with E-state index in [0.29, 0.717) is 24.7 Å². The Morgan fingerprint density at radius 3 is 2.77 bits per heavy atom. The second-order valence-electron chi connectivity index (χ2n) is 8.53. The summed E-state index contributed by atoms with van der Waals surface area (Å²) in [7, 11) is 0. The Morgan fingerprint density at radius 1 is 1.16 bits per heavy atom. The zero-order valence-electron chi connectivity index (χ0n) is 18.0. The molecule has 1 amide bonds. The number of carbonyl (C=O) groups excluding carboxylic acids is 1. The van der Waals surface area contributed by atoms with E-state index >= 15 is 0 Å². The molecule has 5 rings (SSSR count). The first-order valence-corrected chi connectivity index (χ1v) is 11.1. The number of aromatic amines is 1. The molecule has 0 saturated carbocycles. The monoisotopic (exact) mass is 423 g/mol. The predicted octanol–water partition coefficient (Wildman–Crippen LogP) is 1.81. The van der Waals surface area contributed by atoms with Gasteiger partial charge in [0.05, 0.1) is 37.0 Å². The summed E-state index contributed by atoms with van der Waals surface area (Å²) in [6.45, 7) is 8.58. The fourth-order valence-electron chi connectivity index (χ4n) is 4.43. The summed E-state index contributed by atoms with van der Waals surface area (Å²) in [6, 6.07) is 6.28. The Labute approximate surface area is 181 Å². The van der Waals surface area contributed by atoms with Crippen LogP contribution in [-0.2, 0) is 11.3 Å². The molecule has 0 spiro atoms. The summed E-state index contributed by atoms with van der Waals surface area (Å²) >= 11 is 0. The first-order valence-electron chi connectivity index (χ1n) is 11.1. The lowest BCUT2D eigenvalue weighted by atomic mass is 9.96. The molecule has 2 fully saturated rings. The van der Waals surface area contributed by atoms with Gasteiger partial charge in [-0.2, -0.15) is 0 Å². The molecule has 9 heteroatoms. The highest BCUT2D eigenvalue weighted by atomic mass is 16.5. The maximum absolute atomic E-state index is 12.9. The Bertz CT molecular complexity index is 1050. The first-order chi connectivity index (χ1) is 15.2. The van der Waals surface area contributed by atoms with Crippen LogP contribution in [0.5, 0.6) is 0 Å². The normalized spacial score (nSPS) is 18.7.